The highest BCUT2D eigenvalue weighted by Crippen LogP contribution is 2.26. The van der Waals surface area contributed by atoms with Crippen LogP contribution in [0.25, 0.3) is 0 Å². The Labute approximate surface area is 167 Å². The largest absolute Gasteiger partial charge is 0.349 e. The van der Waals surface area contributed by atoms with Crippen LogP contribution in [0.3, 0.4) is 0 Å². The third kappa shape index (κ3) is 5.27. The van der Waals surface area contributed by atoms with Gasteiger partial charge in [-0.05, 0) is 48.2 Å². The van der Waals surface area contributed by atoms with Crippen LogP contribution in [0, 0.1) is 5.82 Å². The first-order valence-electron chi connectivity index (χ1n) is 8.97. The molecule has 28 heavy (non-hydrogen) atoms. The summed E-state index contributed by atoms with van der Waals surface area (Å²) in [6.45, 7) is 1.79. The molecule has 0 spiro atoms. The Balaban J connectivity index is 1.63. The van der Waals surface area contributed by atoms with Crippen molar-refractivity contribution >= 4 is 23.2 Å². The monoisotopic (exact) mass is 396 g/mol. The lowest BCUT2D eigenvalue weighted by Gasteiger charge is -2.20. The van der Waals surface area contributed by atoms with Crippen LogP contribution >= 0.6 is 11.3 Å². The van der Waals surface area contributed by atoms with Gasteiger partial charge in [-0.15, -0.1) is 11.3 Å². The Morgan fingerprint density at radius 1 is 0.964 bits per heavy atom. The minimum absolute atomic E-state index is 0.141. The van der Waals surface area contributed by atoms with E-state index < -0.39 is 0 Å². The van der Waals surface area contributed by atoms with E-state index in [9.17, 15) is 14.0 Å². The molecule has 0 fully saturated rings. The first-order chi connectivity index (χ1) is 13.5. The SMILES string of the molecule is CC(CC(=O)NC(c1ccc(F)cc1)c1cccs1)NC(=O)c1ccccc1. The van der Waals surface area contributed by atoms with Crippen LogP contribution in [0.15, 0.2) is 72.1 Å². The molecule has 2 aromatic carbocycles. The van der Waals surface area contributed by atoms with Crippen molar-refractivity contribution < 1.29 is 14.0 Å². The molecule has 144 valence electrons. The lowest BCUT2D eigenvalue weighted by Crippen LogP contribution is -2.38. The van der Waals surface area contributed by atoms with Crippen LogP contribution in [0.5, 0.6) is 0 Å². The molecule has 2 amide bonds. The summed E-state index contributed by atoms with van der Waals surface area (Å²) in [6, 6.07) is 18.1. The van der Waals surface area contributed by atoms with Gasteiger partial charge in [0.25, 0.3) is 5.91 Å². The number of hydrogen-bond acceptors (Lipinski definition) is 3. The van der Waals surface area contributed by atoms with E-state index in [2.05, 4.69) is 10.6 Å². The fraction of sp³-hybridized carbons (Fsp3) is 0.182. The lowest BCUT2D eigenvalue weighted by molar-refractivity contribution is -0.121. The standard InChI is InChI=1S/C22H21FN2O2S/c1-15(24-22(27)17-6-3-2-4-7-17)14-20(26)25-21(19-8-5-13-28-19)16-9-11-18(23)12-10-16/h2-13,15,21H,14H2,1H3,(H,24,27)(H,25,26). The predicted octanol–water partition coefficient (Wildman–Crippen LogP) is 4.30. The molecule has 2 atom stereocenters. The molecule has 1 aromatic heterocycles. The first kappa shape index (κ1) is 19.8. The van der Waals surface area contributed by atoms with E-state index in [1.807, 2.05) is 23.6 Å². The van der Waals surface area contributed by atoms with Crippen molar-refractivity contribution in [2.45, 2.75) is 25.4 Å². The third-order valence-electron chi connectivity index (χ3n) is 4.24. The van der Waals surface area contributed by atoms with Crippen molar-refractivity contribution in [1.29, 1.82) is 0 Å². The van der Waals surface area contributed by atoms with E-state index in [1.54, 1.807) is 43.3 Å². The highest BCUT2D eigenvalue weighted by atomic mass is 32.1. The van der Waals surface area contributed by atoms with Crippen molar-refractivity contribution in [2.24, 2.45) is 0 Å². The lowest BCUT2D eigenvalue weighted by atomic mass is 10.0. The maximum atomic E-state index is 13.3. The van der Waals surface area contributed by atoms with Gasteiger partial charge in [-0.3, -0.25) is 9.59 Å². The second kappa shape index (κ2) is 9.28. The van der Waals surface area contributed by atoms with Crippen LogP contribution in [-0.2, 0) is 4.79 Å². The molecule has 6 heteroatoms. The van der Waals surface area contributed by atoms with Gasteiger partial charge < -0.3 is 10.6 Å². The number of hydrogen-bond donors (Lipinski definition) is 2. The van der Waals surface area contributed by atoms with Gasteiger partial charge >= 0.3 is 0 Å². The second-order valence-electron chi connectivity index (χ2n) is 6.51. The van der Waals surface area contributed by atoms with Crippen LogP contribution < -0.4 is 10.6 Å². The average Bonchev–Trinajstić information content (AvgIpc) is 3.22. The van der Waals surface area contributed by atoms with Crippen LogP contribution in [0.2, 0.25) is 0 Å². The van der Waals surface area contributed by atoms with Crippen molar-refractivity contribution in [3.05, 3.63) is 93.9 Å². The highest BCUT2D eigenvalue weighted by molar-refractivity contribution is 7.10. The van der Waals surface area contributed by atoms with E-state index >= 15 is 0 Å². The van der Waals surface area contributed by atoms with Gasteiger partial charge in [0, 0.05) is 22.9 Å². The normalized spacial score (nSPS) is 12.8. The molecular formula is C22H21FN2O2S. The van der Waals surface area contributed by atoms with E-state index in [0.717, 1.165) is 10.4 Å². The third-order valence-corrected chi connectivity index (χ3v) is 5.18. The summed E-state index contributed by atoms with van der Waals surface area (Å²) in [4.78, 5) is 25.8. The number of thiophene rings is 1. The summed E-state index contributed by atoms with van der Waals surface area (Å²) in [5, 5.41) is 7.76. The molecule has 0 radical (unpaired) electrons. The number of halogens is 1. The van der Waals surface area contributed by atoms with E-state index in [1.165, 1.54) is 23.5 Å². The molecular weight excluding hydrogens is 375 g/mol. The van der Waals surface area contributed by atoms with Crippen molar-refractivity contribution in [3.63, 3.8) is 0 Å². The number of carbonyl (C=O) groups is 2. The summed E-state index contributed by atoms with van der Waals surface area (Å²) >= 11 is 1.52. The molecule has 0 bridgehead atoms. The van der Waals surface area contributed by atoms with Crippen molar-refractivity contribution in [1.82, 2.24) is 10.6 Å². The van der Waals surface area contributed by atoms with Gasteiger partial charge in [0.05, 0.1) is 6.04 Å². The molecule has 4 nitrogen and oxygen atoms in total. The maximum absolute atomic E-state index is 13.3. The molecule has 2 N–H and O–H groups in total. The van der Waals surface area contributed by atoms with Crippen molar-refractivity contribution in [2.75, 3.05) is 0 Å². The Kier molecular flexibility index (Phi) is 6.55. The number of benzene rings is 2. The minimum atomic E-state index is -0.356. The Hall–Kier alpha value is -2.99. The van der Waals surface area contributed by atoms with Gasteiger partial charge in [-0.25, -0.2) is 4.39 Å². The van der Waals surface area contributed by atoms with Gasteiger partial charge in [0.1, 0.15) is 5.82 Å². The Bertz CT molecular complexity index is 911. The molecule has 0 aliphatic carbocycles. The summed E-state index contributed by atoms with van der Waals surface area (Å²) in [6.07, 6.45) is 0.141. The average molecular weight is 396 g/mol. The fourth-order valence-electron chi connectivity index (χ4n) is 2.88. The number of carbonyl (C=O) groups excluding carboxylic acids is 2. The quantitative estimate of drug-likeness (QED) is 0.626. The molecule has 3 rings (SSSR count). The predicted molar refractivity (Wildman–Crippen MR) is 109 cm³/mol. The molecule has 3 aromatic rings. The molecule has 2 unspecified atom stereocenters. The maximum Gasteiger partial charge on any atom is 0.251 e. The molecule has 1 heterocycles. The zero-order valence-electron chi connectivity index (χ0n) is 15.4. The summed E-state index contributed by atoms with van der Waals surface area (Å²) in [7, 11) is 0. The Morgan fingerprint density at radius 2 is 1.68 bits per heavy atom. The van der Waals surface area contributed by atoms with Crippen molar-refractivity contribution in [3.8, 4) is 0 Å². The number of rotatable bonds is 7. The fourth-order valence-corrected chi connectivity index (χ4v) is 3.68. The minimum Gasteiger partial charge on any atom is -0.349 e. The topological polar surface area (TPSA) is 58.2 Å². The van der Waals surface area contributed by atoms with E-state index in [0.29, 0.717) is 5.56 Å². The zero-order chi connectivity index (χ0) is 19.9. The van der Waals surface area contributed by atoms with E-state index in [-0.39, 0.29) is 36.1 Å². The van der Waals surface area contributed by atoms with Gasteiger partial charge in [-0.1, -0.05) is 36.4 Å². The van der Waals surface area contributed by atoms with Gasteiger partial charge in [0.2, 0.25) is 5.91 Å². The van der Waals surface area contributed by atoms with Crippen LogP contribution in [0.4, 0.5) is 4.39 Å². The first-order valence-corrected chi connectivity index (χ1v) is 9.85. The molecule has 0 aliphatic rings. The van der Waals surface area contributed by atoms with Gasteiger partial charge in [-0.2, -0.15) is 0 Å². The summed E-state index contributed by atoms with van der Waals surface area (Å²) < 4.78 is 13.3. The van der Waals surface area contributed by atoms with Gasteiger partial charge in [0.15, 0.2) is 0 Å². The Morgan fingerprint density at radius 3 is 2.32 bits per heavy atom. The highest BCUT2D eigenvalue weighted by Gasteiger charge is 2.20. The molecule has 0 saturated heterocycles. The summed E-state index contributed by atoms with van der Waals surface area (Å²) in [5.74, 6) is -0.727. The number of amides is 2. The number of nitrogens with one attached hydrogen (secondary N) is 2. The van der Waals surface area contributed by atoms with E-state index in [4.69, 9.17) is 0 Å². The smallest absolute Gasteiger partial charge is 0.251 e. The molecule has 0 saturated carbocycles. The van der Waals surface area contributed by atoms with Crippen LogP contribution in [0.1, 0.15) is 40.2 Å². The second-order valence-corrected chi connectivity index (χ2v) is 7.49. The molecule has 0 aliphatic heterocycles. The zero-order valence-corrected chi connectivity index (χ0v) is 16.2. The van der Waals surface area contributed by atoms with Crippen LogP contribution in [-0.4, -0.2) is 17.9 Å². The summed E-state index contributed by atoms with van der Waals surface area (Å²) in [5.41, 5.74) is 1.36.